The van der Waals surface area contributed by atoms with Crippen LogP contribution in [0.5, 0.6) is 5.75 Å². The van der Waals surface area contributed by atoms with Gasteiger partial charge in [-0.05, 0) is 60.2 Å². The Morgan fingerprint density at radius 1 is 0.886 bits per heavy atom. The third kappa shape index (κ3) is 4.60. The van der Waals surface area contributed by atoms with Crippen molar-refractivity contribution < 1.29 is 17.9 Å². The zero-order valence-electron chi connectivity index (χ0n) is 18.5. The van der Waals surface area contributed by atoms with Crippen LogP contribution in [0.4, 0.5) is 11.4 Å². The van der Waals surface area contributed by atoms with Gasteiger partial charge in [0.05, 0.1) is 10.6 Å². The number of rotatable bonds is 5. The molecule has 176 valence electrons. The number of carbonyl (C=O) groups is 1. The van der Waals surface area contributed by atoms with Crippen LogP contribution in [-0.2, 0) is 10.0 Å². The minimum Gasteiger partial charge on any atom is -0.489 e. The van der Waals surface area contributed by atoms with Gasteiger partial charge in [0.25, 0.3) is 15.9 Å². The lowest BCUT2D eigenvalue weighted by atomic mass is 10.0. The Kier molecular flexibility index (Phi) is 6.19. The van der Waals surface area contributed by atoms with Gasteiger partial charge in [-0.15, -0.1) is 0 Å². The van der Waals surface area contributed by atoms with Crippen LogP contribution in [0, 0.1) is 0 Å². The van der Waals surface area contributed by atoms with Gasteiger partial charge in [0.2, 0.25) is 0 Å². The van der Waals surface area contributed by atoms with Crippen molar-refractivity contribution in [1.82, 2.24) is 0 Å². The van der Waals surface area contributed by atoms with Crippen LogP contribution in [0.2, 0.25) is 5.02 Å². The van der Waals surface area contributed by atoms with Gasteiger partial charge >= 0.3 is 0 Å². The van der Waals surface area contributed by atoms with Crippen molar-refractivity contribution in [3.63, 3.8) is 0 Å². The zero-order chi connectivity index (χ0) is 24.4. The fourth-order valence-corrected chi connectivity index (χ4v) is 5.77. The van der Waals surface area contributed by atoms with Crippen LogP contribution in [0.1, 0.15) is 22.0 Å². The summed E-state index contributed by atoms with van der Waals surface area (Å²) in [5.74, 6) is 0.0238. The minimum atomic E-state index is -4.00. The number of hydrogen-bond donors (Lipinski definition) is 1. The number of anilines is 2. The highest BCUT2D eigenvalue weighted by Gasteiger charge is 2.38. The minimum absolute atomic E-state index is 0.107. The first-order valence-electron chi connectivity index (χ1n) is 10.9. The first kappa shape index (κ1) is 23.0. The summed E-state index contributed by atoms with van der Waals surface area (Å²) >= 11 is 6.07. The maximum atomic E-state index is 13.9. The Balaban J connectivity index is 1.61. The normalized spacial score (nSPS) is 15.1. The molecule has 5 rings (SSSR count). The Morgan fingerprint density at radius 2 is 1.54 bits per heavy atom. The second-order valence-corrected chi connectivity index (χ2v) is 10.2. The van der Waals surface area contributed by atoms with Crippen molar-refractivity contribution in [2.45, 2.75) is 10.9 Å². The summed E-state index contributed by atoms with van der Waals surface area (Å²) in [6, 6.07) is 28.4. The predicted molar refractivity (Wildman–Crippen MR) is 137 cm³/mol. The Labute approximate surface area is 208 Å². The fourth-order valence-electron chi connectivity index (χ4n) is 4.00. The monoisotopic (exact) mass is 504 g/mol. The van der Waals surface area contributed by atoms with Crippen molar-refractivity contribution in [3.8, 4) is 5.75 Å². The number of halogens is 1. The Morgan fingerprint density at radius 3 is 2.23 bits per heavy atom. The van der Waals surface area contributed by atoms with E-state index in [4.69, 9.17) is 16.3 Å². The van der Waals surface area contributed by atoms with E-state index in [1.54, 1.807) is 84.9 Å². The largest absolute Gasteiger partial charge is 0.489 e. The number of amides is 1. The molecule has 4 aromatic carbocycles. The van der Waals surface area contributed by atoms with Crippen LogP contribution in [0.15, 0.2) is 108 Å². The highest BCUT2D eigenvalue weighted by molar-refractivity contribution is 7.92. The van der Waals surface area contributed by atoms with E-state index in [-0.39, 0.29) is 17.4 Å². The maximum Gasteiger partial charge on any atom is 0.265 e. The maximum absolute atomic E-state index is 13.9. The van der Waals surface area contributed by atoms with Crippen LogP contribution >= 0.6 is 11.6 Å². The van der Waals surface area contributed by atoms with Gasteiger partial charge in [-0.2, -0.15) is 0 Å². The van der Waals surface area contributed by atoms with Gasteiger partial charge < -0.3 is 10.1 Å². The highest BCUT2D eigenvalue weighted by Crippen LogP contribution is 2.43. The van der Waals surface area contributed by atoms with Crippen LogP contribution in [-0.4, -0.2) is 20.9 Å². The van der Waals surface area contributed by atoms with Gasteiger partial charge in [0, 0.05) is 16.3 Å². The number of sulfonamides is 1. The first-order valence-corrected chi connectivity index (χ1v) is 12.7. The van der Waals surface area contributed by atoms with E-state index in [1.807, 2.05) is 18.2 Å². The molecule has 0 radical (unpaired) electrons. The lowest BCUT2D eigenvalue weighted by Crippen LogP contribution is -2.41. The van der Waals surface area contributed by atoms with Crippen LogP contribution in [0.3, 0.4) is 0 Å². The van der Waals surface area contributed by atoms with E-state index in [0.717, 1.165) is 5.56 Å². The number of carbonyl (C=O) groups excluding carboxylic acids is 1. The van der Waals surface area contributed by atoms with E-state index in [0.29, 0.717) is 27.7 Å². The molecule has 0 saturated heterocycles. The molecule has 1 atom stereocenters. The third-order valence-corrected chi connectivity index (χ3v) is 7.81. The van der Waals surface area contributed by atoms with Gasteiger partial charge in [-0.25, -0.2) is 8.42 Å². The van der Waals surface area contributed by atoms with Crippen molar-refractivity contribution in [2.75, 3.05) is 16.2 Å². The van der Waals surface area contributed by atoms with Crippen LogP contribution in [0.25, 0.3) is 0 Å². The molecule has 0 spiro atoms. The first-order chi connectivity index (χ1) is 16.9. The summed E-state index contributed by atoms with van der Waals surface area (Å²) in [4.78, 5) is 13.1. The topological polar surface area (TPSA) is 75.7 Å². The van der Waals surface area contributed by atoms with Crippen molar-refractivity contribution in [2.24, 2.45) is 0 Å². The highest BCUT2D eigenvalue weighted by atomic mass is 35.5. The quantitative estimate of drug-likeness (QED) is 0.366. The summed E-state index contributed by atoms with van der Waals surface area (Å²) < 4.78 is 35.1. The van der Waals surface area contributed by atoms with E-state index in [1.165, 1.54) is 4.31 Å². The molecule has 1 unspecified atom stereocenters. The van der Waals surface area contributed by atoms with Gasteiger partial charge in [0.1, 0.15) is 18.4 Å². The van der Waals surface area contributed by atoms with E-state index in [2.05, 4.69) is 5.32 Å². The third-order valence-electron chi connectivity index (χ3n) is 5.72. The van der Waals surface area contributed by atoms with Gasteiger partial charge in [-0.1, -0.05) is 60.1 Å². The molecule has 0 aliphatic carbocycles. The molecule has 0 bridgehead atoms. The van der Waals surface area contributed by atoms with E-state index in [9.17, 15) is 13.2 Å². The number of benzene rings is 4. The molecule has 1 amide bonds. The summed E-state index contributed by atoms with van der Waals surface area (Å²) in [5, 5.41) is 3.38. The molecule has 1 heterocycles. The number of para-hydroxylation sites is 1. The molecule has 4 aromatic rings. The molecule has 6 nitrogen and oxygen atoms in total. The number of nitrogens with one attached hydrogen (secondary N) is 1. The molecule has 1 aliphatic heterocycles. The summed E-state index contributed by atoms with van der Waals surface area (Å²) in [6.45, 7) is 0.107. The predicted octanol–water partition coefficient (Wildman–Crippen LogP) is 5.92. The summed E-state index contributed by atoms with van der Waals surface area (Å²) in [6.07, 6.45) is 0. The van der Waals surface area contributed by atoms with E-state index >= 15 is 0 Å². The lowest BCUT2D eigenvalue weighted by Gasteiger charge is -2.38. The zero-order valence-corrected chi connectivity index (χ0v) is 20.0. The molecule has 1 aliphatic rings. The second-order valence-electron chi connectivity index (χ2n) is 7.99. The molecule has 35 heavy (non-hydrogen) atoms. The van der Waals surface area contributed by atoms with Gasteiger partial charge in [-0.3, -0.25) is 9.10 Å². The average Bonchev–Trinajstić information content (AvgIpc) is 2.89. The van der Waals surface area contributed by atoms with Crippen molar-refractivity contribution in [3.05, 3.63) is 119 Å². The number of nitrogens with zero attached hydrogens (tertiary/aromatic N) is 1. The standard InChI is InChI=1S/C27H21ClN2O4S/c28-21-14-11-19(12-15-21)25-18-34-26-16-13-20(27(31)29-22-7-3-1-4-8-22)17-24(26)30(25)35(32,33)23-9-5-2-6-10-23/h1-17,25H,18H2,(H,29,31). The van der Waals surface area contributed by atoms with Crippen LogP contribution < -0.4 is 14.4 Å². The van der Waals surface area contributed by atoms with Crippen molar-refractivity contribution >= 4 is 38.9 Å². The smallest absolute Gasteiger partial charge is 0.265 e. The van der Waals surface area contributed by atoms with Gasteiger partial charge in [0.15, 0.2) is 0 Å². The van der Waals surface area contributed by atoms with E-state index < -0.39 is 16.1 Å². The van der Waals surface area contributed by atoms with Crippen molar-refractivity contribution in [1.29, 1.82) is 0 Å². The molecule has 1 N–H and O–H groups in total. The molecular weight excluding hydrogens is 484 g/mol. The molecular formula is C27H21ClN2O4S. The average molecular weight is 505 g/mol. The SMILES string of the molecule is O=C(Nc1ccccc1)c1ccc2c(c1)N(S(=O)(=O)c1ccccc1)C(c1ccc(Cl)cc1)CO2. The second kappa shape index (κ2) is 9.44. The molecule has 8 heteroatoms. The number of ether oxygens (including phenoxy) is 1. The Bertz CT molecular complexity index is 1460. The molecule has 0 saturated carbocycles. The molecule has 0 aromatic heterocycles. The number of fused-ring (bicyclic) bond motifs is 1. The molecule has 0 fully saturated rings. The number of hydrogen-bond acceptors (Lipinski definition) is 4. The summed E-state index contributed by atoms with van der Waals surface area (Å²) in [7, 11) is -4.00. The fraction of sp³-hybridized carbons (Fsp3) is 0.0741. The lowest BCUT2D eigenvalue weighted by molar-refractivity contribution is 0.102. The Hall–Kier alpha value is -3.81. The summed E-state index contributed by atoms with van der Waals surface area (Å²) in [5.41, 5.74) is 1.96.